The second kappa shape index (κ2) is 7.43. The molecule has 0 saturated carbocycles. The van der Waals surface area contributed by atoms with Crippen LogP contribution in [-0.2, 0) is 13.3 Å². The molecule has 0 aliphatic heterocycles. The first-order chi connectivity index (χ1) is 12.5. The summed E-state index contributed by atoms with van der Waals surface area (Å²) in [6, 6.07) is 9.55. The topological polar surface area (TPSA) is 74.0 Å². The quantitative estimate of drug-likeness (QED) is 0.738. The van der Waals surface area contributed by atoms with E-state index in [2.05, 4.69) is 15.5 Å². The van der Waals surface area contributed by atoms with Crippen LogP contribution in [0.4, 0.5) is 5.82 Å². The molecule has 3 rings (SSSR count). The summed E-state index contributed by atoms with van der Waals surface area (Å²) in [7, 11) is 0. The summed E-state index contributed by atoms with van der Waals surface area (Å²) in [6.07, 6.45) is 1.72. The summed E-state index contributed by atoms with van der Waals surface area (Å²) < 4.78 is 9.15. The molecule has 1 amide bonds. The number of benzene rings is 1. The maximum absolute atomic E-state index is 12.4. The lowest BCUT2D eigenvalue weighted by atomic mass is 10.1. The molecular formula is C19H23N5O2. The summed E-state index contributed by atoms with van der Waals surface area (Å²) in [6.45, 7) is 8.80. The smallest absolute Gasteiger partial charge is 0.277 e. The van der Waals surface area contributed by atoms with Gasteiger partial charge in [-0.15, -0.1) is 0 Å². The lowest BCUT2D eigenvalue weighted by Gasteiger charge is -2.10. The van der Waals surface area contributed by atoms with Gasteiger partial charge >= 0.3 is 0 Å². The summed E-state index contributed by atoms with van der Waals surface area (Å²) >= 11 is 0. The number of carbonyl (C=O) groups excluding carboxylic acids is 1. The van der Waals surface area contributed by atoms with Gasteiger partial charge in [0.05, 0.1) is 5.69 Å². The van der Waals surface area contributed by atoms with Crippen LogP contribution in [0.15, 0.2) is 36.5 Å². The van der Waals surface area contributed by atoms with E-state index < -0.39 is 0 Å². The summed E-state index contributed by atoms with van der Waals surface area (Å²) in [5, 5.41) is 11.4. The average molecular weight is 353 g/mol. The standard InChI is InChI=1S/C19H23N5O2/c1-5-24-18(11-15(4)21-24)20-19(25)16-8-9-23(22-16)12-26-17-10-13(2)6-7-14(17)3/h6-11H,5,12H2,1-4H3,(H,20,25). The molecule has 2 heterocycles. The number of hydrogen-bond donors (Lipinski definition) is 1. The van der Waals surface area contributed by atoms with E-state index in [1.807, 2.05) is 52.0 Å². The second-order valence-corrected chi connectivity index (χ2v) is 6.22. The molecule has 0 saturated heterocycles. The van der Waals surface area contributed by atoms with Crippen LogP contribution in [0.5, 0.6) is 5.75 Å². The molecule has 0 spiro atoms. The van der Waals surface area contributed by atoms with Crippen LogP contribution in [0.25, 0.3) is 0 Å². The minimum absolute atomic E-state index is 0.240. The fourth-order valence-electron chi connectivity index (χ4n) is 2.62. The SMILES string of the molecule is CCn1nc(C)cc1NC(=O)c1ccn(COc2cc(C)ccc2C)n1. The number of anilines is 1. The zero-order valence-corrected chi connectivity index (χ0v) is 15.5. The Hall–Kier alpha value is -3.09. The minimum atomic E-state index is -0.273. The van der Waals surface area contributed by atoms with Gasteiger partial charge in [0.15, 0.2) is 12.4 Å². The number of carbonyl (C=O) groups is 1. The molecule has 0 bridgehead atoms. The molecule has 0 unspecified atom stereocenters. The molecule has 0 atom stereocenters. The van der Waals surface area contributed by atoms with Crippen LogP contribution < -0.4 is 10.1 Å². The van der Waals surface area contributed by atoms with E-state index in [-0.39, 0.29) is 12.6 Å². The van der Waals surface area contributed by atoms with E-state index in [4.69, 9.17) is 4.74 Å². The normalized spacial score (nSPS) is 10.8. The Kier molecular flexibility index (Phi) is 5.06. The summed E-state index contributed by atoms with van der Waals surface area (Å²) in [4.78, 5) is 12.4. The Morgan fingerprint density at radius 3 is 2.73 bits per heavy atom. The van der Waals surface area contributed by atoms with E-state index in [1.54, 1.807) is 21.6 Å². The molecule has 2 aromatic heterocycles. The van der Waals surface area contributed by atoms with Gasteiger partial charge < -0.3 is 10.1 Å². The number of amides is 1. The van der Waals surface area contributed by atoms with Crippen molar-refractivity contribution < 1.29 is 9.53 Å². The molecule has 3 aromatic rings. The monoisotopic (exact) mass is 353 g/mol. The van der Waals surface area contributed by atoms with Crippen LogP contribution in [-0.4, -0.2) is 25.5 Å². The first-order valence-electron chi connectivity index (χ1n) is 8.55. The van der Waals surface area contributed by atoms with Crippen molar-refractivity contribution in [3.8, 4) is 5.75 Å². The number of aryl methyl sites for hydroxylation is 4. The number of nitrogens with one attached hydrogen (secondary N) is 1. The van der Waals surface area contributed by atoms with Crippen molar-refractivity contribution in [2.75, 3.05) is 5.32 Å². The van der Waals surface area contributed by atoms with Gasteiger partial charge in [0.2, 0.25) is 0 Å². The number of hydrogen-bond acceptors (Lipinski definition) is 4. The maximum atomic E-state index is 12.4. The van der Waals surface area contributed by atoms with Crippen LogP contribution in [0.3, 0.4) is 0 Å². The van der Waals surface area contributed by atoms with Gasteiger partial charge in [-0.3, -0.25) is 4.79 Å². The van der Waals surface area contributed by atoms with Crippen LogP contribution in [0.1, 0.15) is 34.2 Å². The highest BCUT2D eigenvalue weighted by Gasteiger charge is 2.13. The Morgan fingerprint density at radius 1 is 1.15 bits per heavy atom. The number of rotatable bonds is 6. The highest BCUT2D eigenvalue weighted by Crippen LogP contribution is 2.19. The van der Waals surface area contributed by atoms with Crippen LogP contribution >= 0.6 is 0 Å². The van der Waals surface area contributed by atoms with Crippen LogP contribution in [0, 0.1) is 20.8 Å². The molecular weight excluding hydrogens is 330 g/mol. The molecule has 0 aliphatic rings. The Labute approximate surface area is 152 Å². The van der Waals surface area contributed by atoms with Crippen molar-refractivity contribution in [1.82, 2.24) is 19.6 Å². The summed E-state index contributed by atoms with van der Waals surface area (Å²) in [5.41, 5.74) is 3.38. The first-order valence-corrected chi connectivity index (χ1v) is 8.55. The first kappa shape index (κ1) is 17.7. The summed E-state index contributed by atoms with van der Waals surface area (Å²) in [5.74, 6) is 1.20. The lowest BCUT2D eigenvalue weighted by Crippen LogP contribution is -2.17. The Bertz CT molecular complexity index is 926. The molecule has 7 heteroatoms. The zero-order chi connectivity index (χ0) is 18.7. The van der Waals surface area contributed by atoms with Crippen molar-refractivity contribution in [1.29, 1.82) is 0 Å². The number of aromatic nitrogens is 4. The minimum Gasteiger partial charge on any atom is -0.471 e. The van der Waals surface area contributed by atoms with Crippen molar-refractivity contribution in [3.63, 3.8) is 0 Å². The molecule has 1 N–H and O–H groups in total. The number of nitrogens with zero attached hydrogens (tertiary/aromatic N) is 4. The predicted molar refractivity (Wildman–Crippen MR) is 99.4 cm³/mol. The highest BCUT2D eigenvalue weighted by atomic mass is 16.5. The van der Waals surface area contributed by atoms with E-state index in [1.165, 1.54) is 0 Å². The zero-order valence-electron chi connectivity index (χ0n) is 15.5. The Balaban J connectivity index is 1.65. The van der Waals surface area contributed by atoms with Crippen molar-refractivity contribution in [2.24, 2.45) is 0 Å². The molecule has 0 aliphatic carbocycles. The van der Waals surface area contributed by atoms with Gasteiger partial charge in [0, 0.05) is 18.8 Å². The predicted octanol–water partition coefficient (Wildman–Crippen LogP) is 3.31. The van der Waals surface area contributed by atoms with Crippen molar-refractivity contribution in [3.05, 3.63) is 59.0 Å². The van der Waals surface area contributed by atoms with Gasteiger partial charge in [0.1, 0.15) is 11.6 Å². The van der Waals surface area contributed by atoms with Crippen molar-refractivity contribution >= 4 is 11.7 Å². The van der Waals surface area contributed by atoms with E-state index in [0.29, 0.717) is 18.1 Å². The fraction of sp³-hybridized carbons (Fsp3) is 0.316. The van der Waals surface area contributed by atoms with Gasteiger partial charge in [-0.25, -0.2) is 9.36 Å². The molecule has 1 aromatic carbocycles. The molecule has 136 valence electrons. The third kappa shape index (κ3) is 3.93. The molecule has 0 fully saturated rings. The molecule has 0 radical (unpaired) electrons. The van der Waals surface area contributed by atoms with Gasteiger partial charge in [0.25, 0.3) is 5.91 Å². The Morgan fingerprint density at radius 2 is 1.96 bits per heavy atom. The maximum Gasteiger partial charge on any atom is 0.277 e. The van der Waals surface area contributed by atoms with Gasteiger partial charge in [-0.1, -0.05) is 12.1 Å². The highest BCUT2D eigenvalue weighted by molar-refractivity contribution is 6.02. The van der Waals surface area contributed by atoms with Crippen molar-refractivity contribution in [2.45, 2.75) is 41.0 Å². The van der Waals surface area contributed by atoms with Gasteiger partial charge in [-0.05, 0) is 51.0 Å². The van der Waals surface area contributed by atoms with Crippen LogP contribution in [0.2, 0.25) is 0 Å². The fourth-order valence-corrected chi connectivity index (χ4v) is 2.62. The van der Waals surface area contributed by atoms with Gasteiger partial charge in [-0.2, -0.15) is 10.2 Å². The average Bonchev–Trinajstić information content (AvgIpc) is 3.22. The third-order valence-electron chi connectivity index (χ3n) is 4.01. The number of ether oxygens (including phenoxy) is 1. The third-order valence-corrected chi connectivity index (χ3v) is 4.01. The molecule has 7 nitrogen and oxygen atoms in total. The van der Waals surface area contributed by atoms with E-state index in [9.17, 15) is 4.79 Å². The van der Waals surface area contributed by atoms with E-state index >= 15 is 0 Å². The second-order valence-electron chi connectivity index (χ2n) is 6.22. The van der Waals surface area contributed by atoms with E-state index in [0.717, 1.165) is 22.6 Å². The molecule has 26 heavy (non-hydrogen) atoms. The lowest BCUT2D eigenvalue weighted by molar-refractivity contribution is 0.101. The largest absolute Gasteiger partial charge is 0.471 e.